The summed E-state index contributed by atoms with van der Waals surface area (Å²) >= 11 is 0. The van der Waals surface area contributed by atoms with E-state index in [1.54, 1.807) is 0 Å². The minimum atomic E-state index is -0.841. The Morgan fingerprint density at radius 3 is 2.50 bits per heavy atom. The molecule has 5 nitrogen and oxygen atoms in total. The van der Waals surface area contributed by atoms with Crippen molar-refractivity contribution in [3.63, 3.8) is 0 Å². The lowest BCUT2D eigenvalue weighted by molar-refractivity contribution is -0.140. The highest BCUT2D eigenvalue weighted by molar-refractivity contribution is 5.78. The number of amides is 1. The molecule has 0 aliphatic heterocycles. The molecule has 0 aromatic heterocycles. The molecule has 1 amide bonds. The third-order valence-corrected chi connectivity index (χ3v) is 3.73. The number of aliphatic carboxylic acids is 1. The van der Waals surface area contributed by atoms with Crippen molar-refractivity contribution in [3.8, 4) is 0 Å². The molecule has 1 saturated carbocycles. The van der Waals surface area contributed by atoms with E-state index < -0.39 is 11.5 Å². The fourth-order valence-electron chi connectivity index (χ4n) is 2.40. The first-order chi connectivity index (χ1) is 8.47. The van der Waals surface area contributed by atoms with E-state index in [0.717, 1.165) is 32.1 Å². The summed E-state index contributed by atoms with van der Waals surface area (Å²) in [5.41, 5.74) is 4.99. The van der Waals surface area contributed by atoms with Crippen LogP contribution >= 0.6 is 0 Å². The maximum atomic E-state index is 11.8. The Morgan fingerprint density at radius 2 is 2.06 bits per heavy atom. The van der Waals surface area contributed by atoms with Crippen molar-refractivity contribution >= 4 is 11.9 Å². The summed E-state index contributed by atoms with van der Waals surface area (Å²) in [7, 11) is 0. The van der Waals surface area contributed by atoms with Gasteiger partial charge in [0.1, 0.15) is 0 Å². The highest BCUT2D eigenvalue weighted by atomic mass is 16.4. The molecule has 0 heterocycles. The molecule has 0 bridgehead atoms. The molecule has 1 aliphatic rings. The van der Waals surface area contributed by atoms with Gasteiger partial charge in [-0.25, -0.2) is 0 Å². The van der Waals surface area contributed by atoms with Gasteiger partial charge in [0.2, 0.25) is 5.91 Å². The minimum Gasteiger partial charge on any atom is -0.481 e. The maximum Gasteiger partial charge on any atom is 0.305 e. The van der Waals surface area contributed by atoms with Crippen LogP contribution in [-0.4, -0.2) is 29.1 Å². The summed E-state index contributed by atoms with van der Waals surface area (Å²) in [6.07, 6.45) is 4.79. The van der Waals surface area contributed by atoms with Gasteiger partial charge in [0, 0.05) is 6.42 Å². The molecular formula is C13H24N2O3. The third-order valence-electron chi connectivity index (χ3n) is 3.73. The van der Waals surface area contributed by atoms with Gasteiger partial charge in [-0.3, -0.25) is 9.59 Å². The number of carbonyl (C=O) groups excluding carboxylic acids is 1. The summed E-state index contributed by atoms with van der Waals surface area (Å²) in [5.74, 6) is -0.427. The van der Waals surface area contributed by atoms with Crippen molar-refractivity contribution in [2.45, 2.75) is 57.4 Å². The number of carboxylic acid groups (broad SMARTS) is 1. The maximum absolute atomic E-state index is 11.8. The van der Waals surface area contributed by atoms with E-state index in [9.17, 15) is 9.59 Å². The van der Waals surface area contributed by atoms with Crippen molar-refractivity contribution in [2.24, 2.45) is 11.7 Å². The zero-order valence-electron chi connectivity index (χ0n) is 11.1. The zero-order valence-corrected chi connectivity index (χ0v) is 11.1. The number of hydrogen-bond acceptors (Lipinski definition) is 3. The van der Waals surface area contributed by atoms with Crippen LogP contribution < -0.4 is 11.1 Å². The van der Waals surface area contributed by atoms with Crippen LogP contribution in [0.25, 0.3) is 0 Å². The molecule has 1 atom stereocenters. The lowest BCUT2D eigenvalue weighted by Crippen LogP contribution is -2.54. The van der Waals surface area contributed by atoms with Crippen LogP contribution in [0.2, 0.25) is 0 Å². The van der Waals surface area contributed by atoms with E-state index in [4.69, 9.17) is 10.8 Å². The Balaban J connectivity index is 2.32. The monoisotopic (exact) mass is 256 g/mol. The summed E-state index contributed by atoms with van der Waals surface area (Å²) in [6, 6.07) is 0. The molecule has 104 valence electrons. The SMILES string of the molecule is CC(CCN)CCC(=O)NC1(CC(=O)O)CCC1. The molecule has 18 heavy (non-hydrogen) atoms. The Labute approximate surface area is 108 Å². The first kappa shape index (κ1) is 15.0. The van der Waals surface area contributed by atoms with E-state index in [1.807, 2.05) is 0 Å². The number of carboxylic acids is 1. The van der Waals surface area contributed by atoms with Gasteiger partial charge < -0.3 is 16.2 Å². The smallest absolute Gasteiger partial charge is 0.305 e. The average molecular weight is 256 g/mol. The predicted molar refractivity (Wildman–Crippen MR) is 69.0 cm³/mol. The number of carbonyl (C=O) groups is 2. The van der Waals surface area contributed by atoms with E-state index in [0.29, 0.717) is 18.9 Å². The second-order valence-corrected chi connectivity index (χ2v) is 5.47. The molecule has 4 N–H and O–H groups in total. The van der Waals surface area contributed by atoms with Crippen molar-refractivity contribution in [3.05, 3.63) is 0 Å². The Hall–Kier alpha value is -1.10. The van der Waals surface area contributed by atoms with Crippen molar-refractivity contribution in [2.75, 3.05) is 6.54 Å². The van der Waals surface area contributed by atoms with Crippen LogP contribution in [0, 0.1) is 5.92 Å². The number of nitrogens with two attached hydrogens (primary N) is 1. The molecular weight excluding hydrogens is 232 g/mol. The first-order valence-corrected chi connectivity index (χ1v) is 6.70. The second-order valence-electron chi connectivity index (χ2n) is 5.47. The van der Waals surface area contributed by atoms with Gasteiger partial charge in [-0.05, 0) is 44.6 Å². The zero-order chi connectivity index (χ0) is 13.6. The minimum absolute atomic E-state index is 0.0279. The van der Waals surface area contributed by atoms with E-state index in [1.165, 1.54) is 0 Å². The summed E-state index contributed by atoms with van der Waals surface area (Å²) in [6.45, 7) is 2.72. The summed E-state index contributed by atoms with van der Waals surface area (Å²) < 4.78 is 0. The van der Waals surface area contributed by atoms with Gasteiger partial charge in [-0.15, -0.1) is 0 Å². The largest absolute Gasteiger partial charge is 0.481 e. The molecule has 0 spiro atoms. The Kier molecular flexibility index (Phi) is 5.59. The number of rotatable bonds is 8. The van der Waals surface area contributed by atoms with Gasteiger partial charge in [0.15, 0.2) is 0 Å². The fourth-order valence-corrected chi connectivity index (χ4v) is 2.40. The van der Waals surface area contributed by atoms with Crippen LogP contribution in [0.3, 0.4) is 0 Å². The van der Waals surface area contributed by atoms with Crippen molar-refractivity contribution in [1.82, 2.24) is 5.32 Å². The summed E-state index contributed by atoms with van der Waals surface area (Å²) in [4.78, 5) is 22.6. The van der Waals surface area contributed by atoms with Crippen LogP contribution in [0.5, 0.6) is 0 Å². The van der Waals surface area contributed by atoms with Gasteiger partial charge in [0.05, 0.1) is 12.0 Å². The van der Waals surface area contributed by atoms with E-state index in [-0.39, 0.29) is 12.3 Å². The highest BCUT2D eigenvalue weighted by Gasteiger charge is 2.40. The average Bonchev–Trinajstić information content (AvgIpc) is 2.23. The lowest BCUT2D eigenvalue weighted by atomic mass is 9.74. The van der Waals surface area contributed by atoms with Crippen LogP contribution in [-0.2, 0) is 9.59 Å². The van der Waals surface area contributed by atoms with E-state index >= 15 is 0 Å². The van der Waals surface area contributed by atoms with E-state index in [2.05, 4.69) is 12.2 Å². The van der Waals surface area contributed by atoms with Gasteiger partial charge in [-0.1, -0.05) is 6.92 Å². The highest BCUT2D eigenvalue weighted by Crippen LogP contribution is 2.35. The molecule has 0 saturated heterocycles. The normalized spacial score (nSPS) is 18.8. The van der Waals surface area contributed by atoms with Crippen molar-refractivity contribution < 1.29 is 14.7 Å². The van der Waals surface area contributed by atoms with Crippen LogP contribution in [0.15, 0.2) is 0 Å². The van der Waals surface area contributed by atoms with Gasteiger partial charge in [-0.2, -0.15) is 0 Å². The van der Waals surface area contributed by atoms with Crippen LogP contribution in [0.1, 0.15) is 51.9 Å². The number of nitrogens with one attached hydrogen (secondary N) is 1. The second kappa shape index (κ2) is 6.73. The van der Waals surface area contributed by atoms with Gasteiger partial charge >= 0.3 is 5.97 Å². The molecule has 1 aliphatic carbocycles. The molecule has 5 heteroatoms. The van der Waals surface area contributed by atoms with Crippen LogP contribution in [0.4, 0.5) is 0 Å². The molecule has 1 fully saturated rings. The fraction of sp³-hybridized carbons (Fsp3) is 0.846. The van der Waals surface area contributed by atoms with Crippen molar-refractivity contribution in [1.29, 1.82) is 0 Å². The Bertz CT molecular complexity index is 301. The first-order valence-electron chi connectivity index (χ1n) is 6.70. The summed E-state index contributed by atoms with van der Waals surface area (Å²) in [5, 5.41) is 11.8. The molecule has 1 unspecified atom stereocenters. The predicted octanol–water partition coefficient (Wildman–Crippen LogP) is 1.27. The molecule has 0 aromatic carbocycles. The number of hydrogen-bond donors (Lipinski definition) is 3. The van der Waals surface area contributed by atoms with Gasteiger partial charge in [0.25, 0.3) is 0 Å². The molecule has 1 rings (SSSR count). The quantitative estimate of drug-likeness (QED) is 0.609. The molecule has 0 radical (unpaired) electrons. The third kappa shape index (κ3) is 4.64. The standard InChI is InChI=1S/C13H24N2O3/c1-10(5-8-14)3-4-11(16)15-13(6-2-7-13)9-12(17)18/h10H,2-9,14H2,1H3,(H,15,16)(H,17,18). The molecule has 0 aromatic rings. The topological polar surface area (TPSA) is 92.4 Å². The lowest BCUT2D eigenvalue weighted by Gasteiger charge is -2.41. The Morgan fingerprint density at radius 1 is 1.39 bits per heavy atom.